The summed E-state index contributed by atoms with van der Waals surface area (Å²) in [4.78, 5) is 14.7. The molecule has 0 N–H and O–H groups in total. The number of hydrogen-bond acceptors (Lipinski definition) is 4. The second kappa shape index (κ2) is 17.8. The van der Waals surface area contributed by atoms with Crippen molar-refractivity contribution in [3.05, 3.63) is 261 Å². The lowest BCUT2D eigenvalue weighted by Gasteiger charge is -2.26. The van der Waals surface area contributed by atoms with Crippen molar-refractivity contribution >= 4 is 39.9 Å². The molecule has 0 aliphatic heterocycles. The van der Waals surface area contributed by atoms with Gasteiger partial charge in [0.1, 0.15) is 11.5 Å². The lowest BCUT2D eigenvalue weighted by atomic mass is 10.0. The van der Waals surface area contributed by atoms with E-state index in [1.165, 1.54) is 22.3 Å². The van der Waals surface area contributed by atoms with E-state index in [0.29, 0.717) is 0 Å². The molecule has 11 aromatic rings. The maximum atomic E-state index is 5.11. The summed E-state index contributed by atoms with van der Waals surface area (Å²) in [6.07, 6.45) is 2.09. The molecule has 0 aliphatic rings. The first kappa shape index (κ1) is 40.0. The van der Waals surface area contributed by atoms with Crippen molar-refractivity contribution in [3.63, 3.8) is 0 Å². The predicted octanol–water partition coefficient (Wildman–Crippen LogP) is 16.3. The fourth-order valence-electron chi connectivity index (χ4n) is 8.85. The number of rotatable bonds is 11. The van der Waals surface area contributed by atoms with E-state index < -0.39 is 0 Å². The van der Waals surface area contributed by atoms with Crippen LogP contribution in [0.15, 0.2) is 255 Å². The molecule has 0 spiro atoms. The molecule has 0 saturated heterocycles. The van der Waals surface area contributed by atoms with Gasteiger partial charge in [-0.25, -0.2) is 9.97 Å². The van der Waals surface area contributed by atoms with Crippen molar-refractivity contribution in [1.82, 2.24) is 14.4 Å². The number of imidazole rings is 1. The van der Waals surface area contributed by atoms with Gasteiger partial charge < -0.3 is 4.90 Å². The van der Waals surface area contributed by atoms with E-state index in [-0.39, 0.29) is 0 Å². The van der Waals surface area contributed by atoms with Crippen molar-refractivity contribution < 1.29 is 0 Å². The topological polar surface area (TPSA) is 36.7 Å². The number of aromatic nitrogens is 3. The first-order chi connectivity index (χ1) is 32.6. The van der Waals surface area contributed by atoms with Crippen molar-refractivity contribution in [2.45, 2.75) is 6.92 Å². The zero-order chi connectivity index (χ0) is 44.2. The highest BCUT2D eigenvalue weighted by atomic mass is 15.2. The minimum Gasteiger partial charge on any atom is -0.311 e. The molecule has 8 aromatic carbocycles. The van der Waals surface area contributed by atoms with Gasteiger partial charge in [-0.05, 0) is 125 Å². The summed E-state index contributed by atoms with van der Waals surface area (Å²) in [7, 11) is 0. The Labute approximate surface area is 385 Å². The van der Waals surface area contributed by atoms with Gasteiger partial charge in [0.15, 0.2) is 0 Å². The van der Waals surface area contributed by atoms with E-state index in [0.717, 1.165) is 79.2 Å². The molecule has 3 aromatic heterocycles. The van der Waals surface area contributed by atoms with Crippen LogP contribution < -0.4 is 9.80 Å². The number of benzene rings is 8. The highest BCUT2D eigenvalue weighted by Crippen LogP contribution is 2.41. The minimum absolute atomic E-state index is 0.847. The molecule has 0 aliphatic carbocycles. The van der Waals surface area contributed by atoms with Crippen LogP contribution in [0.5, 0.6) is 0 Å². The summed E-state index contributed by atoms with van der Waals surface area (Å²) < 4.78 is 2.18. The van der Waals surface area contributed by atoms with Gasteiger partial charge >= 0.3 is 0 Å². The Kier molecular flexibility index (Phi) is 10.8. The van der Waals surface area contributed by atoms with Gasteiger partial charge in [0.2, 0.25) is 0 Å². The van der Waals surface area contributed by atoms with Crippen LogP contribution in [0.25, 0.3) is 61.5 Å². The second-order valence-corrected chi connectivity index (χ2v) is 16.4. The van der Waals surface area contributed by atoms with Crippen LogP contribution in [0, 0.1) is 6.92 Å². The fourth-order valence-corrected chi connectivity index (χ4v) is 8.85. The second-order valence-electron chi connectivity index (χ2n) is 16.4. The van der Waals surface area contributed by atoms with Crippen molar-refractivity contribution in [2.24, 2.45) is 0 Å². The minimum atomic E-state index is 0.847. The highest BCUT2D eigenvalue weighted by molar-refractivity contribution is 5.86. The molecule has 11 rings (SSSR count). The Hall–Kier alpha value is -8.80. The molecule has 0 radical (unpaired) electrons. The number of aryl methyl sites for hydroxylation is 1. The van der Waals surface area contributed by atoms with Crippen LogP contribution in [-0.4, -0.2) is 14.4 Å². The molecule has 0 fully saturated rings. The van der Waals surface area contributed by atoms with Crippen molar-refractivity contribution in [3.8, 4) is 55.9 Å². The maximum Gasteiger partial charge on any atom is 0.137 e. The average Bonchev–Trinajstić information content (AvgIpc) is 3.78. The third kappa shape index (κ3) is 8.02. The molecule has 5 nitrogen and oxygen atoms in total. The molecule has 314 valence electrons. The maximum absolute atomic E-state index is 5.11. The van der Waals surface area contributed by atoms with Crippen LogP contribution in [0.3, 0.4) is 0 Å². The van der Waals surface area contributed by atoms with Crippen LogP contribution >= 0.6 is 0 Å². The molecule has 0 bridgehead atoms. The molecule has 0 atom stereocenters. The number of pyridine rings is 2. The normalized spacial score (nSPS) is 11.1. The summed E-state index contributed by atoms with van der Waals surface area (Å²) in [5.41, 5.74) is 18.3. The molecule has 5 heteroatoms. The molecule has 0 unspecified atom stereocenters. The third-order valence-electron chi connectivity index (χ3n) is 12.1. The first-order valence-corrected chi connectivity index (χ1v) is 22.3. The van der Waals surface area contributed by atoms with E-state index >= 15 is 0 Å². The summed E-state index contributed by atoms with van der Waals surface area (Å²) in [6, 6.07) is 87.9. The Morgan fingerprint density at radius 3 is 1.24 bits per heavy atom. The highest BCUT2D eigenvalue weighted by Gasteiger charge is 2.20. The van der Waals surface area contributed by atoms with E-state index in [2.05, 4.69) is 251 Å². The van der Waals surface area contributed by atoms with E-state index in [1.54, 1.807) is 0 Å². The fraction of sp³-hybridized carbons (Fsp3) is 0.0164. The predicted molar refractivity (Wildman–Crippen MR) is 274 cm³/mol. The van der Waals surface area contributed by atoms with Gasteiger partial charge in [0.25, 0.3) is 0 Å². The van der Waals surface area contributed by atoms with E-state index in [4.69, 9.17) is 9.97 Å². The Morgan fingerprint density at radius 2 is 0.742 bits per heavy atom. The first-order valence-electron chi connectivity index (χ1n) is 22.3. The molecular weight excluding hydrogens is 803 g/mol. The molecule has 3 heterocycles. The van der Waals surface area contributed by atoms with Crippen molar-refractivity contribution in [2.75, 3.05) is 9.80 Å². The van der Waals surface area contributed by atoms with Gasteiger partial charge in [-0.3, -0.25) is 9.30 Å². The zero-order valence-corrected chi connectivity index (χ0v) is 36.5. The number of fused-ring (bicyclic) bond motifs is 1. The van der Waals surface area contributed by atoms with Crippen LogP contribution in [-0.2, 0) is 0 Å². The smallest absolute Gasteiger partial charge is 0.137 e. The molecular formula is C61H45N5. The van der Waals surface area contributed by atoms with Crippen LogP contribution in [0.1, 0.15) is 5.69 Å². The summed E-state index contributed by atoms with van der Waals surface area (Å²) >= 11 is 0. The Morgan fingerprint density at radius 1 is 0.318 bits per heavy atom. The van der Waals surface area contributed by atoms with Gasteiger partial charge in [-0.2, -0.15) is 0 Å². The van der Waals surface area contributed by atoms with E-state index in [1.807, 2.05) is 25.1 Å². The average molecular weight is 848 g/mol. The monoisotopic (exact) mass is 847 g/mol. The van der Waals surface area contributed by atoms with Crippen molar-refractivity contribution in [1.29, 1.82) is 0 Å². The van der Waals surface area contributed by atoms with Gasteiger partial charge in [-0.15, -0.1) is 0 Å². The SMILES string of the molecule is Cc1cccc(N(c2ccc(-c3ccc(N(c4ccc(-c5ccccc5)cc4)c4ccc(-c5ccccc5)cc4)cc3)cc2)c2cccc(-c3c(-c4ccccc4)nc4ccccn34)c2)n1. The van der Waals surface area contributed by atoms with E-state index in [9.17, 15) is 0 Å². The molecule has 66 heavy (non-hydrogen) atoms. The molecule has 0 amide bonds. The zero-order valence-electron chi connectivity index (χ0n) is 36.5. The largest absolute Gasteiger partial charge is 0.311 e. The Bertz CT molecular complexity index is 3300. The van der Waals surface area contributed by atoms with Crippen LogP contribution in [0.4, 0.5) is 34.3 Å². The summed E-state index contributed by atoms with van der Waals surface area (Å²) in [6.45, 7) is 2.04. The lowest BCUT2D eigenvalue weighted by Crippen LogP contribution is -2.12. The quantitative estimate of drug-likeness (QED) is 0.130. The summed E-state index contributed by atoms with van der Waals surface area (Å²) in [5.74, 6) is 0.847. The summed E-state index contributed by atoms with van der Waals surface area (Å²) in [5, 5.41) is 0. The number of hydrogen-bond donors (Lipinski definition) is 0. The van der Waals surface area contributed by atoms with Crippen LogP contribution in [0.2, 0.25) is 0 Å². The lowest BCUT2D eigenvalue weighted by molar-refractivity contribution is 1.13. The third-order valence-corrected chi connectivity index (χ3v) is 12.1. The number of anilines is 6. The van der Waals surface area contributed by atoms with Gasteiger partial charge in [0.05, 0.1) is 11.4 Å². The van der Waals surface area contributed by atoms with Gasteiger partial charge in [-0.1, -0.05) is 164 Å². The van der Waals surface area contributed by atoms with Gasteiger partial charge in [0, 0.05) is 51.5 Å². The Balaban J connectivity index is 0.930. The number of nitrogens with zero attached hydrogens (tertiary/aromatic N) is 5. The standard InChI is InChI=1S/C61H45N5/c1-44-15-13-25-59(62-44)66(57-23-14-22-52(43-57)61-60(51-20-9-4-10-21-51)63-58-24-11-12-42-64(58)61)56-40-32-50(33-41-56)49-30-38-55(39-31-49)65(53-34-26-47(27-35-53)45-16-5-2-6-17-45)54-36-28-48(29-37-54)46-18-7-3-8-19-46/h2-43H,1H3. The molecule has 0 saturated carbocycles.